The van der Waals surface area contributed by atoms with Crippen molar-refractivity contribution in [3.63, 3.8) is 0 Å². The number of amides is 3. The molecular weight excluding hydrogens is 568 g/mol. The summed E-state index contributed by atoms with van der Waals surface area (Å²) in [6, 6.07) is 15.4. The highest BCUT2D eigenvalue weighted by Crippen LogP contribution is 2.64. The first-order valence-corrected chi connectivity index (χ1v) is 16.0. The molecule has 0 saturated carbocycles. The molecule has 3 heterocycles. The van der Waals surface area contributed by atoms with E-state index in [4.69, 9.17) is 4.74 Å². The van der Waals surface area contributed by atoms with Gasteiger partial charge < -0.3 is 29.4 Å². The average Bonchev–Trinajstić information content (AvgIpc) is 3.63. The molecule has 0 aromatic heterocycles. The maximum absolute atomic E-state index is 14.8. The summed E-state index contributed by atoms with van der Waals surface area (Å²) in [4.78, 5) is 50.8. The van der Waals surface area contributed by atoms with Gasteiger partial charge in [0.25, 0.3) is 5.91 Å². The number of aliphatic hydroxyl groups excluding tert-OH is 1. The predicted octanol–water partition coefficient (Wildman–Crippen LogP) is 4.42. The van der Waals surface area contributed by atoms with Crippen LogP contribution in [0.2, 0.25) is 0 Å². The average molecular weight is 615 g/mol. The summed E-state index contributed by atoms with van der Waals surface area (Å²) >= 11 is 0. The van der Waals surface area contributed by atoms with Gasteiger partial charge in [-0.3, -0.25) is 14.4 Å². The SMILES string of the molecule is C=CCN(C(=O)C1N([C@H](C)CO)C(=O)[C@@H]2[C@H](C(=O)N(CC=C)c3ccccc3)[C@]3(C)CCC12O3)c1ccc(N(CC)CC)cc1. The lowest BCUT2D eigenvalue weighted by atomic mass is 9.66. The topological polar surface area (TPSA) is 93.6 Å². The standard InChI is InChI=1S/C36H46N4O5/c1-7-22-38(27-14-12-11-13-15-27)32(42)29-30-33(43)40(25(5)24-41)31(36(30)21-20-35(29,6)45-36)34(44)39(23-8-2)28-18-16-26(17-19-28)37(9-3)10-4/h7-8,11-19,25,29-31,41H,1-2,9-10,20-24H2,3-6H3/t25-,29-,30+,31?,35+,36?/m1/s1. The molecule has 2 aromatic carbocycles. The summed E-state index contributed by atoms with van der Waals surface area (Å²) in [6.45, 7) is 17.4. The molecule has 45 heavy (non-hydrogen) atoms. The van der Waals surface area contributed by atoms with Gasteiger partial charge in [0.05, 0.1) is 30.1 Å². The molecule has 3 fully saturated rings. The number of para-hydroxylation sites is 1. The van der Waals surface area contributed by atoms with E-state index in [0.29, 0.717) is 24.2 Å². The van der Waals surface area contributed by atoms with Gasteiger partial charge in [-0.15, -0.1) is 13.2 Å². The second kappa shape index (κ2) is 12.8. The van der Waals surface area contributed by atoms with Gasteiger partial charge in [0.2, 0.25) is 11.8 Å². The summed E-state index contributed by atoms with van der Waals surface area (Å²) in [6.07, 6.45) is 4.30. The third kappa shape index (κ3) is 5.25. The molecule has 2 aromatic rings. The normalized spacial score (nSPS) is 27.2. The van der Waals surface area contributed by atoms with E-state index in [9.17, 15) is 19.5 Å². The Balaban J connectivity index is 1.57. The van der Waals surface area contributed by atoms with E-state index in [1.807, 2.05) is 61.5 Å². The minimum absolute atomic E-state index is 0.219. The third-order valence-electron chi connectivity index (χ3n) is 9.97. The molecule has 9 heteroatoms. The van der Waals surface area contributed by atoms with E-state index >= 15 is 0 Å². The number of benzene rings is 2. The fourth-order valence-corrected chi connectivity index (χ4v) is 7.84. The van der Waals surface area contributed by atoms with Crippen LogP contribution in [0.3, 0.4) is 0 Å². The second-order valence-corrected chi connectivity index (χ2v) is 12.5. The molecule has 1 spiro atoms. The molecular formula is C36H46N4O5. The molecule has 0 radical (unpaired) electrons. The number of hydrogen-bond acceptors (Lipinski definition) is 6. The zero-order valence-electron chi connectivity index (χ0n) is 26.9. The fraction of sp³-hybridized carbons (Fsp3) is 0.472. The second-order valence-electron chi connectivity index (χ2n) is 12.5. The van der Waals surface area contributed by atoms with Gasteiger partial charge in [0, 0.05) is 43.2 Å². The van der Waals surface area contributed by atoms with Crippen LogP contribution in [0.1, 0.15) is 40.5 Å². The van der Waals surface area contributed by atoms with Crippen molar-refractivity contribution in [2.45, 2.75) is 63.8 Å². The van der Waals surface area contributed by atoms with Crippen molar-refractivity contribution < 1.29 is 24.2 Å². The summed E-state index contributed by atoms with van der Waals surface area (Å²) < 4.78 is 6.84. The number of aliphatic hydroxyl groups is 1. The predicted molar refractivity (Wildman–Crippen MR) is 177 cm³/mol. The van der Waals surface area contributed by atoms with E-state index in [1.165, 1.54) is 4.90 Å². The van der Waals surface area contributed by atoms with Gasteiger partial charge in [0.1, 0.15) is 11.6 Å². The number of anilines is 3. The van der Waals surface area contributed by atoms with Crippen LogP contribution < -0.4 is 14.7 Å². The highest BCUT2D eigenvalue weighted by molar-refractivity contribution is 6.07. The van der Waals surface area contributed by atoms with E-state index in [0.717, 1.165) is 18.8 Å². The number of ether oxygens (including phenoxy) is 1. The van der Waals surface area contributed by atoms with Crippen molar-refractivity contribution in [2.24, 2.45) is 11.8 Å². The zero-order chi connectivity index (χ0) is 32.5. The minimum atomic E-state index is -1.22. The van der Waals surface area contributed by atoms with Crippen molar-refractivity contribution in [3.8, 4) is 0 Å². The Labute approximate surface area is 266 Å². The van der Waals surface area contributed by atoms with Crippen molar-refractivity contribution >= 4 is 34.8 Å². The lowest BCUT2D eigenvalue weighted by Crippen LogP contribution is -2.58. The maximum atomic E-state index is 14.8. The van der Waals surface area contributed by atoms with Crippen LogP contribution in [-0.4, -0.2) is 83.8 Å². The summed E-state index contributed by atoms with van der Waals surface area (Å²) in [5.41, 5.74) is 0.269. The van der Waals surface area contributed by atoms with E-state index < -0.39 is 35.1 Å². The molecule has 2 unspecified atom stereocenters. The molecule has 1 N–H and O–H groups in total. The minimum Gasteiger partial charge on any atom is -0.394 e. The molecule has 0 aliphatic carbocycles. The zero-order valence-corrected chi connectivity index (χ0v) is 26.9. The van der Waals surface area contributed by atoms with Crippen LogP contribution in [0.5, 0.6) is 0 Å². The van der Waals surface area contributed by atoms with Crippen molar-refractivity contribution in [1.29, 1.82) is 0 Å². The number of fused-ring (bicyclic) bond motifs is 1. The third-order valence-corrected chi connectivity index (χ3v) is 9.97. The van der Waals surface area contributed by atoms with Gasteiger partial charge in [-0.25, -0.2) is 0 Å². The van der Waals surface area contributed by atoms with Crippen LogP contribution in [0.15, 0.2) is 79.9 Å². The van der Waals surface area contributed by atoms with Crippen molar-refractivity contribution in [1.82, 2.24) is 4.90 Å². The molecule has 3 aliphatic rings. The Morgan fingerprint density at radius 3 is 2.07 bits per heavy atom. The van der Waals surface area contributed by atoms with Crippen LogP contribution >= 0.6 is 0 Å². The first-order chi connectivity index (χ1) is 21.6. The highest BCUT2D eigenvalue weighted by atomic mass is 16.5. The Morgan fingerprint density at radius 1 is 0.956 bits per heavy atom. The molecule has 2 bridgehead atoms. The Hall–Kier alpha value is -3.95. The summed E-state index contributed by atoms with van der Waals surface area (Å²) in [5.74, 6) is -2.57. The maximum Gasteiger partial charge on any atom is 0.253 e. The Morgan fingerprint density at radius 2 is 1.51 bits per heavy atom. The van der Waals surface area contributed by atoms with Crippen LogP contribution in [0.4, 0.5) is 17.1 Å². The number of carbonyl (C=O) groups excluding carboxylic acids is 3. The molecule has 3 aliphatic heterocycles. The van der Waals surface area contributed by atoms with Gasteiger partial charge in [-0.05, 0) is 76.9 Å². The molecule has 3 amide bonds. The quantitative estimate of drug-likeness (QED) is 0.336. The van der Waals surface area contributed by atoms with Gasteiger partial charge in [-0.1, -0.05) is 30.4 Å². The summed E-state index contributed by atoms with van der Waals surface area (Å²) in [7, 11) is 0. The molecule has 6 atom stereocenters. The largest absolute Gasteiger partial charge is 0.394 e. The monoisotopic (exact) mass is 614 g/mol. The van der Waals surface area contributed by atoms with Gasteiger partial charge >= 0.3 is 0 Å². The summed E-state index contributed by atoms with van der Waals surface area (Å²) in [5, 5.41) is 10.3. The molecule has 3 saturated heterocycles. The smallest absolute Gasteiger partial charge is 0.253 e. The molecule has 240 valence electrons. The lowest BCUT2D eigenvalue weighted by molar-refractivity contribution is -0.147. The molecule has 9 nitrogen and oxygen atoms in total. The fourth-order valence-electron chi connectivity index (χ4n) is 7.84. The van der Waals surface area contributed by atoms with Crippen LogP contribution in [0.25, 0.3) is 0 Å². The van der Waals surface area contributed by atoms with Crippen molar-refractivity contribution in [2.75, 3.05) is 47.5 Å². The lowest BCUT2D eigenvalue weighted by Gasteiger charge is -2.38. The first kappa shape index (κ1) is 32.4. The number of carbonyl (C=O) groups is 3. The van der Waals surface area contributed by atoms with E-state index in [-0.39, 0.29) is 37.4 Å². The highest BCUT2D eigenvalue weighted by Gasteiger charge is 2.78. The van der Waals surface area contributed by atoms with Crippen LogP contribution in [-0.2, 0) is 19.1 Å². The number of rotatable bonds is 13. The van der Waals surface area contributed by atoms with Crippen molar-refractivity contribution in [3.05, 3.63) is 79.9 Å². The Bertz CT molecular complexity index is 1430. The number of nitrogens with zero attached hydrogens (tertiary/aromatic N) is 4. The van der Waals surface area contributed by atoms with Gasteiger partial charge in [-0.2, -0.15) is 0 Å². The first-order valence-electron chi connectivity index (χ1n) is 16.0. The van der Waals surface area contributed by atoms with E-state index in [2.05, 4.69) is 31.9 Å². The van der Waals surface area contributed by atoms with Crippen LogP contribution in [0, 0.1) is 11.8 Å². The van der Waals surface area contributed by atoms with Gasteiger partial charge in [0.15, 0.2) is 0 Å². The number of likely N-dealkylation sites (tertiary alicyclic amines) is 1. The number of hydrogen-bond donors (Lipinski definition) is 1. The van der Waals surface area contributed by atoms with E-state index in [1.54, 1.807) is 28.9 Å². The molecule has 5 rings (SSSR count). The Kier molecular flexibility index (Phi) is 9.23.